The first-order chi connectivity index (χ1) is 21.4. The SMILES string of the molecule is COc1cc2c3cc1Oc1cc(OC)c(OC)c4c1[C@H](Cc1ccc(cc1)Oc1cc(ccc1O)C[C@H]3NCC2)N(C)CC4. The predicted octanol–water partition coefficient (Wildman–Crippen LogP) is 6.52. The highest BCUT2D eigenvalue weighted by Gasteiger charge is 2.34. The third-order valence-electron chi connectivity index (χ3n) is 9.20. The molecule has 0 aliphatic carbocycles. The molecule has 228 valence electrons. The quantitative estimate of drug-likeness (QED) is 0.278. The summed E-state index contributed by atoms with van der Waals surface area (Å²) >= 11 is 0. The lowest BCUT2D eigenvalue weighted by Crippen LogP contribution is -2.34. The average molecular weight is 595 g/mol. The molecule has 0 aromatic heterocycles. The topological polar surface area (TPSA) is 81.7 Å². The first-order valence-corrected chi connectivity index (χ1v) is 15.1. The van der Waals surface area contributed by atoms with Crippen molar-refractivity contribution in [3.05, 3.63) is 94.0 Å². The van der Waals surface area contributed by atoms with E-state index in [0.717, 1.165) is 66.1 Å². The van der Waals surface area contributed by atoms with Crippen molar-refractivity contribution >= 4 is 0 Å². The van der Waals surface area contributed by atoms with E-state index in [9.17, 15) is 5.11 Å². The minimum atomic E-state index is 0.0259. The Labute approximate surface area is 258 Å². The average Bonchev–Trinajstić information content (AvgIpc) is 3.04. The summed E-state index contributed by atoms with van der Waals surface area (Å²) in [4.78, 5) is 2.37. The van der Waals surface area contributed by atoms with Crippen LogP contribution in [0, 0.1) is 0 Å². The van der Waals surface area contributed by atoms with E-state index in [2.05, 4.69) is 41.5 Å². The molecule has 6 bridgehead atoms. The normalized spacial score (nSPS) is 19.1. The summed E-state index contributed by atoms with van der Waals surface area (Å²) < 4.78 is 30.8. The van der Waals surface area contributed by atoms with Crippen molar-refractivity contribution in [1.29, 1.82) is 0 Å². The van der Waals surface area contributed by atoms with E-state index < -0.39 is 0 Å². The molecule has 0 spiro atoms. The number of hydrogen-bond acceptors (Lipinski definition) is 8. The van der Waals surface area contributed by atoms with Crippen LogP contribution in [0.5, 0.6) is 46.0 Å². The molecule has 0 saturated carbocycles. The van der Waals surface area contributed by atoms with Crippen LogP contribution in [-0.2, 0) is 25.7 Å². The first kappa shape index (κ1) is 28.4. The van der Waals surface area contributed by atoms with Gasteiger partial charge in [-0.05, 0) is 97.9 Å². The van der Waals surface area contributed by atoms with Crippen molar-refractivity contribution in [2.45, 2.75) is 37.8 Å². The number of aromatic hydroxyl groups is 1. The number of nitrogens with zero attached hydrogens (tertiary/aromatic N) is 1. The van der Waals surface area contributed by atoms with Crippen molar-refractivity contribution in [3.63, 3.8) is 0 Å². The van der Waals surface area contributed by atoms with Crippen LogP contribution in [0.2, 0.25) is 0 Å². The van der Waals surface area contributed by atoms with Gasteiger partial charge in [-0.3, -0.25) is 4.90 Å². The number of nitrogens with one attached hydrogen (secondary N) is 1. The van der Waals surface area contributed by atoms with E-state index in [4.69, 9.17) is 23.7 Å². The number of fused-ring (bicyclic) bond motifs is 2. The van der Waals surface area contributed by atoms with E-state index in [-0.39, 0.29) is 17.8 Å². The smallest absolute Gasteiger partial charge is 0.169 e. The Bertz CT molecular complexity index is 1700. The van der Waals surface area contributed by atoms with Crippen LogP contribution >= 0.6 is 0 Å². The summed E-state index contributed by atoms with van der Waals surface area (Å²) in [5.41, 5.74) is 6.80. The number of phenols is 1. The van der Waals surface area contributed by atoms with Gasteiger partial charge in [0.1, 0.15) is 11.5 Å². The third-order valence-corrected chi connectivity index (χ3v) is 9.20. The Morgan fingerprint density at radius 3 is 2.36 bits per heavy atom. The minimum absolute atomic E-state index is 0.0259. The number of phenolic OH excluding ortho intramolecular Hbond substituents is 1. The highest BCUT2D eigenvalue weighted by molar-refractivity contribution is 5.62. The van der Waals surface area contributed by atoms with Crippen LogP contribution in [0.1, 0.15) is 45.5 Å². The summed E-state index contributed by atoms with van der Waals surface area (Å²) in [6.45, 7) is 1.72. The molecule has 4 heterocycles. The third kappa shape index (κ3) is 5.08. The minimum Gasteiger partial charge on any atom is -0.504 e. The molecular formula is C36H38N2O6. The molecule has 8 nitrogen and oxygen atoms in total. The van der Waals surface area contributed by atoms with E-state index in [1.54, 1.807) is 27.4 Å². The van der Waals surface area contributed by atoms with Gasteiger partial charge in [0.25, 0.3) is 0 Å². The standard InChI is InChI=1S/C36H38N2O6/c1-38-14-12-25-35-28(38)16-21-5-8-24(9-6-21)43-30-17-22(7-10-29(30)39)15-27-26-19-32(31(40-2)18-23(26)11-13-37-27)44-33(35)20-34(41-3)36(25)42-4/h5-10,17-20,27-28,37,39H,11-16H2,1-4H3/t27-,28+/m1/s1. The Kier molecular flexibility index (Phi) is 7.48. The predicted molar refractivity (Wildman–Crippen MR) is 168 cm³/mol. The molecule has 0 amide bonds. The zero-order valence-corrected chi connectivity index (χ0v) is 25.6. The fourth-order valence-electron chi connectivity index (χ4n) is 6.91. The molecule has 0 radical (unpaired) electrons. The molecule has 4 aromatic rings. The van der Waals surface area contributed by atoms with Crippen LogP contribution < -0.4 is 29.0 Å². The summed E-state index contributed by atoms with van der Waals surface area (Å²) in [6, 6.07) is 19.9. The maximum atomic E-state index is 10.6. The maximum Gasteiger partial charge on any atom is 0.169 e. The van der Waals surface area contributed by atoms with Gasteiger partial charge in [-0.1, -0.05) is 18.2 Å². The van der Waals surface area contributed by atoms with Crippen molar-refractivity contribution in [2.24, 2.45) is 0 Å². The lowest BCUT2D eigenvalue weighted by molar-refractivity contribution is 0.220. The molecule has 4 aliphatic heterocycles. The molecule has 4 aromatic carbocycles. The zero-order valence-electron chi connectivity index (χ0n) is 25.6. The molecule has 2 atom stereocenters. The maximum absolute atomic E-state index is 10.6. The number of ether oxygens (including phenoxy) is 5. The fraction of sp³-hybridized carbons (Fsp3) is 0.333. The van der Waals surface area contributed by atoms with Gasteiger partial charge in [-0.2, -0.15) is 0 Å². The van der Waals surface area contributed by atoms with Gasteiger partial charge < -0.3 is 34.1 Å². The lowest BCUT2D eigenvalue weighted by atomic mass is 9.87. The van der Waals surface area contributed by atoms with Crippen LogP contribution in [0.3, 0.4) is 0 Å². The number of likely N-dealkylation sites (N-methyl/N-ethyl adjacent to an activating group) is 1. The van der Waals surface area contributed by atoms with Crippen LogP contribution in [0.15, 0.2) is 60.7 Å². The Morgan fingerprint density at radius 2 is 1.59 bits per heavy atom. The number of rotatable bonds is 3. The number of hydrogen-bond donors (Lipinski definition) is 2. The van der Waals surface area contributed by atoms with E-state index >= 15 is 0 Å². The van der Waals surface area contributed by atoms with Gasteiger partial charge in [0.2, 0.25) is 0 Å². The monoisotopic (exact) mass is 594 g/mol. The number of methoxy groups -OCH3 is 3. The summed E-state index contributed by atoms with van der Waals surface area (Å²) in [7, 11) is 7.21. The highest BCUT2D eigenvalue weighted by atomic mass is 16.5. The Hall–Kier alpha value is -4.40. The van der Waals surface area contributed by atoms with Gasteiger partial charge in [0.05, 0.1) is 21.3 Å². The zero-order chi connectivity index (χ0) is 30.4. The van der Waals surface area contributed by atoms with Crippen molar-refractivity contribution in [3.8, 4) is 46.0 Å². The Morgan fingerprint density at radius 1 is 0.795 bits per heavy atom. The van der Waals surface area contributed by atoms with Crippen molar-refractivity contribution in [2.75, 3.05) is 41.5 Å². The molecule has 0 fully saturated rings. The van der Waals surface area contributed by atoms with E-state index in [1.807, 2.05) is 30.3 Å². The Balaban J connectivity index is 1.44. The van der Waals surface area contributed by atoms with Gasteiger partial charge in [-0.15, -0.1) is 0 Å². The molecule has 2 N–H and O–H groups in total. The fourth-order valence-corrected chi connectivity index (χ4v) is 6.91. The molecule has 44 heavy (non-hydrogen) atoms. The summed E-state index contributed by atoms with van der Waals surface area (Å²) in [5, 5.41) is 14.3. The van der Waals surface area contributed by atoms with Crippen LogP contribution in [-0.4, -0.2) is 51.5 Å². The van der Waals surface area contributed by atoms with Crippen LogP contribution in [0.25, 0.3) is 0 Å². The second-order valence-corrected chi connectivity index (χ2v) is 11.8. The second-order valence-electron chi connectivity index (χ2n) is 11.8. The van der Waals surface area contributed by atoms with Gasteiger partial charge in [0.15, 0.2) is 34.5 Å². The first-order valence-electron chi connectivity index (χ1n) is 15.1. The summed E-state index contributed by atoms with van der Waals surface area (Å²) in [6.07, 6.45) is 3.16. The van der Waals surface area contributed by atoms with Crippen molar-refractivity contribution in [1.82, 2.24) is 10.2 Å². The second kappa shape index (κ2) is 11.6. The molecule has 8 rings (SSSR count). The van der Waals surface area contributed by atoms with E-state index in [1.165, 1.54) is 11.1 Å². The summed E-state index contributed by atoms with van der Waals surface area (Å²) in [5.74, 6) is 4.71. The molecule has 0 unspecified atom stereocenters. The van der Waals surface area contributed by atoms with Crippen LogP contribution in [0.4, 0.5) is 0 Å². The molecular weight excluding hydrogens is 556 g/mol. The molecule has 4 aliphatic rings. The lowest BCUT2D eigenvalue weighted by Gasteiger charge is -2.37. The molecule has 0 saturated heterocycles. The number of benzene rings is 4. The van der Waals surface area contributed by atoms with Gasteiger partial charge >= 0.3 is 0 Å². The van der Waals surface area contributed by atoms with Gasteiger partial charge in [-0.25, -0.2) is 0 Å². The highest BCUT2D eigenvalue weighted by Crippen LogP contribution is 2.49. The van der Waals surface area contributed by atoms with Gasteiger partial charge in [0, 0.05) is 35.8 Å². The van der Waals surface area contributed by atoms with Crippen molar-refractivity contribution < 1.29 is 28.8 Å². The largest absolute Gasteiger partial charge is 0.504 e. The molecule has 8 heteroatoms. The van der Waals surface area contributed by atoms with E-state index in [0.29, 0.717) is 35.2 Å².